The van der Waals surface area contributed by atoms with Crippen molar-refractivity contribution < 1.29 is 59.1 Å². The number of rotatable bonds is 4. The van der Waals surface area contributed by atoms with Crippen LogP contribution in [0.5, 0.6) is 0 Å². The van der Waals surface area contributed by atoms with Crippen molar-refractivity contribution >= 4 is 0 Å². The lowest BCUT2D eigenvalue weighted by molar-refractivity contribution is -0.368. The van der Waals surface area contributed by atoms with Crippen LogP contribution in [0.15, 0.2) is 0 Å². The lowest BCUT2D eigenvalue weighted by atomic mass is 9.43. The van der Waals surface area contributed by atoms with E-state index < -0.39 is 73.3 Å². The first-order valence-corrected chi connectivity index (χ1v) is 20.1. The van der Waals surface area contributed by atoms with Crippen molar-refractivity contribution in [3.8, 4) is 0 Å². The number of aliphatic hydroxyl groups is 6. The molecule has 0 aromatic rings. The van der Waals surface area contributed by atoms with Gasteiger partial charge in [-0.15, -0.1) is 0 Å². The molecule has 0 bridgehead atoms. The summed E-state index contributed by atoms with van der Waals surface area (Å²) < 4.78 is 37.7. The van der Waals surface area contributed by atoms with Crippen molar-refractivity contribution in [3.05, 3.63) is 0 Å². The summed E-state index contributed by atoms with van der Waals surface area (Å²) in [7, 11) is 0. The van der Waals surface area contributed by atoms with Gasteiger partial charge in [0.1, 0.15) is 36.6 Å². The van der Waals surface area contributed by atoms with Gasteiger partial charge in [-0.2, -0.15) is 0 Å². The molecule has 0 aromatic carbocycles. The molecule has 4 aliphatic carbocycles. The zero-order chi connectivity index (χ0) is 36.4. The number of hydrogen-bond donors (Lipinski definition) is 6. The van der Waals surface area contributed by atoms with Gasteiger partial charge in [-0.05, 0) is 112 Å². The van der Waals surface area contributed by atoms with E-state index in [1.54, 1.807) is 13.8 Å². The zero-order valence-electron chi connectivity index (χ0n) is 31.3. The first-order chi connectivity index (χ1) is 24.1. The van der Waals surface area contributed by atoms with E-state index in [0.717, 1.165) is 51.6 Å². The van der Waals surface area contributed by atoms with E-state index >= 15 is 0 Å². The fourth-order valence-corrected chi connectivity index (χ4v) is 13.1. The van der Waals surface area contributed by atoms with Gasteiger partial charge in [-0.25, -0.2) is 0 Å². The lowest BCUT2D eigenvalue weighted by Gasteiger charge is -2.62. The van der Waals surface area contributed by atoms with E-state index in [-0.39, 0.29) is 29.0 Å². The Labute approximate surface area is 302 Å². The molecule has 0 aromatic heterocycles. The summed E-state index contributed by atoms with van der Waals surface area (Å²) in [6, 6.07) is 0. The van der Waals surface area contributed by atoms with Crippen molar-refractivity contribution in [2.45, 2.75) is 185 Å². The molecule has 4 saturated carbocycles. The summed E-state index contributed by atoms with van der Waals surface area (Å²) >= 11 is 0. The van der Waals surface area contributed by atoms with Gasteiger partial charge in [0.2, 0.25) is 0 Å². The van der Waals surface area contributed by atoms with E-state index in [2.05, 4.69) is 27.7 Å². The summed E-state index contributed by atoms with van der Waals surface area (Å²) in [4.78, 5) is 0. The highest BCUT2D eigenvalue weighted by Gasteiger charge is 2.70. The lowest BCUT2D eigenvalue weighted by Crippen LogP contribution is -2.64. The Morgan fingerprint density at radius 3 is 2.02 bits per heavy atom. The highest BCUT2D eigenvalue weighted by Crippen LogP contribution is 2.71. The molecular weight excluding hydrogens is 660 g/mol. The van der Waals surface area contributed by atoms with Gasteiger partial charge >= 0.3 is 0 Å². The van der Waals surface area contributed by atoms with Crippen LogP contribution in [0.1, 0.15) is 99.3 Å². The molecule has 0 amide bonds. The van der Waals surface area contributed by atoms with Crippen LogP contribution in [0.4, 0.5) is 0 Å². The van der Waals surface area contributed by atoms with Gasteiger partial charge in [0.05, 0.1) is 37.1 Å². The van der Waals surface area contributed by atoms with Gasteiger partial charge in [0, 0.05) is 12.3 Å². The third-order valence-electron chi connectivity index (χ3n) is 16.1. The Kier molecular flexibility index (Phi) is 9.79. The maximum absolute atomic E-state index is 12.0. The van der Waals surface area contributed by atoms with Crippen LogP contribution in [0.25, 0.3) is 0 Å². The second-order valence-corrected chi connectivity index (χ2v) is 18.8. The minimum absolute atomic E-state index is 0.0377. The number of fused-ring (bicyclic) bond motifs is 7. The quantitative estimate of drug-likeness (QED) is 0.234. The summed E-state index contributed by atoms with van der Waals surface area (Å²) in [6.07, 6.45) is -4.37. The van der Waals surface area contributed by atoms with Gasteiger partial charge in [-0.1, -0.05) is 27.7 Å². The molecule has 1 spiro atoms. The summed E-state index contributed by atoms with van der Waals surface area (Å²) in [5.41, 5.74) is 0.123. The average molecular weight is 725 g/mol. The van der Waals surface area contributed by atoms with E-state index in [4.69, 9.17) is 28.4 Å². The monoisotopic (exact) mass is 724 g/mol. The molecule has 0 radical (unpaired) electrons. The molecule has 6 N–H and O–H groups in total. The van der Waals surface area contributed by atoms with Crippen molar-refractivity contribution in [1.29, 1.82) is 0 Å². The van der Waals surface area contributed by atoms with Crippen LogP contribution in [0, 0.1) is 52.3 Å². The molecule has 23 unspecified atom stereocenters. The fraction of sp³-hybridized carbons (Fsp3) is 1.00. The Morgan fingerprint density at radius 1 is 0.627 bits per heavy atom. The van der Waals surface area contributed by atoms with Crippen LogP contribution in [-0.2, 0) is 28.4 Å². The molecule has 4 heterocycles. The molecular formula is C39H64O12. The molecule has 8 aliphatic rings. The first-order valence-electron chi connectivity index (χ1n) is 20.1. The van der Waals surface area contributed by atoms with Crippen molar-refractivity contribution in [3.63, 3.8) is 0 Å². The second kappa shape index (κ2) is 13.3. The standard InChI is InChI=1S/C39H64O12/c1-17-7-12-39(46-16-17)18(2)28-27(51-39)15-24-22-14-26(40)25-13-21(8-10-37(25,5)23(22)9-11-38(24,28)6)49-36-34(32(44)30(42)20(4)48-36)50-35-33(45)31(43)29(41)19(3)47-35/h17-36,40-45H,7-16H2,1-6H3. The normalized spacial score (nSPS) is 61.4. The minimum Gasteiger partial charge on any atom is -0.393 e. The Morgan fingerprint density at radius 2 is 1.31 bits per heavy atom. The smallest absolute Gasteiger partial charge is 0.187 e. The number of ether oxygens (including phenoxy) is 6. The molecule has 4 saturated heterocycles. The van der Waals surface area contributed by atoms with Gasteiger partial charge in [-0.3, -0.25) is 0 Å². The predicted octanol–water partition coefficient (Wildman–Crippen LogP) is 2.47. The molecule has 23 atom stereocenters. The number of aliphatic hydroxyl groups excluding tert-OH is 6. The molecule has 8 rings (SSSR count). The Hall–Kier alpha value is -0.480. The zero-order valence-corrected chi connectivity index (χ0v) is 31.3. The Bertz CT molecular complexity index is 1260. The third-order valence-corrected chi connectivity index (χ3v) is 16.1. The average Bonchev–Trinajstić information content (AvgIpc) is 3.54. The largest absolute Gasteiger partial charge is 0.393 e. The summed E-state index contributed by atoms with van der Waals surface area (Å²) in [5, 5.41) is 64.9. The van der Waals surface area contributed by atoms with Crippen LogP contribution < -0.4 is 0 Å². The van der Waals surface area contributed by atoms with Gasteiger partial charge < -0.3 is 59.1 Å². The van der Waals surface area contributed by atoms with Gasteiger partial charge in [0.25, 0.3) is 0 Å². The van der Waals surface area contributed by atoms with Crippen LogP contribution >= 0.6 is 0 Å². The van der Waals surface area contributed by atoms with E-state index in [9.17, 15) is 30.6 Å². The Balaban J connectivity index is 0.955. The van der Waals surface area contributed by atoms with E-state index in [1.165, 1.54) is 6.42 Å². The predicted molar refractivity (Wildman–Crippen MR) is 182 cm³/mol. The topological polar surface area (TPSA) is 177 Å². The molecule has 12 nitrogen and oxygen atoms in total. The van der Waals surface area contributed by atoms with Crippen LogP contribution in [-0.4, -0.2) is 123 Å². The molecule has 12 heteroatoms. The van der Waals surface area contributed by atoms with Gasteiger partial charge in [0.15, 0.2) is 18.4 Å². The SMILES string of the molecule is CC1CCC2(OC1)OC1CC3C4CC(O)C5CC(OC6OC(C)C(O)C(O)C6OC6OC(C)C(O)C(O)C6O)CCC5(C)C4CCC3(C)C1C2C. The van der Waals surface area contributed by atoms with E-state index in [0.29, 0.717) is 41.9 Å². The molecule has 51 heavy (non-hydrogen) atoms. The van der Waals surface area contributed by atoms with Crippen molar-refractivity contribution in [1.82, 2.24) is 0 Å². The third kappa shape index (κ3) is 5.83. The van der Waals surface area contributed by atoms with E-state index in [1.807, 2.05) is 0 Å². The second-order valence-electron chi connectivity index (χ2n) is 18.8. The van der Waals surface area contributed by atoms with Crippen LogP contribution in [0.2, 0.25) is 0 Å². The summed E-state index contributed by atoms with van der Waals surface area (Å²) in [6.45, 7) is 13.5. The highest BCUT2D eigenvalue weighted by atomic mass is 16.8. The minimum atomic E-state index is -1.58. The van der Waals surface area contributed by atoms with Crippen LogP contribution in [0.3, 0.4) is 0 Å². The molecule has 4 aliphatic heterocycles. The maximum Gasteiger partial charge on any atom is 0.187 e. The molecule has 292 valence electrons. The maximum atomic E-state index is 12.0. The number of hydrogen-bond acceptors (Lipinski definition) is 12. The van der Waals surface area contributed by atoms with Crippen molar-refractivity contribution in [2.24, 2.45) is 52.3 Å². The first kappa shape index (κ1) is 37.4. The highest BCUT2D eigenvalue weighted by molar-refractivity contribution is 5.16. The molecule has 8 fully saturated rings. The van der Waals surface area contributed by atoms with Crippen molar-refractivity contribution in [2.75, 3.05) is 6.61 Å². The fourth-order valence-electron chi connectivity index (χ4n) is 13.1. The summed E-state index contributed by atoms with van der Waals surface area (Å²) in [5.74, 6) is 2.48.